The molecule has 3 aromatic rings. The van der Waals surface area contributed by atoms with Gasteiger partial charge < -0.3 is 20.9 Å². The molecule has 2 atom stereocenters. The molecule has 2 fully saturated rings. The van der Waals surface area contributed by atoms with Crippen LogP contribution >= 0.6 is 0 Å². The number of piperidine rings is 2. The predicted molar refractivity (Wildman–Crippen MR) is 144 cm³/mol. The average molecular weight is 529 g/mol. The Morgan fingerprint density at radius 3 is 2.62 bits per heavy atom. The maximum absolute atomic E-state index is 15.3. The molecule has 0 aliphatic carbocycles. The van der Waals surface area contributed by atoms with E-state index in [4.69, 9.17) is 11.0 Å². The Labute approximate surface area is 225 Å². The summed E-state index contributed by atoms with van der Waals surface area (Å²) in [6, 6.07) is 10.3. The van der Waals surface area contributed by atoms with Crippen molar-refractivity contribution in [2.45, 2.75) is 44.3 Å². The molecule has 0 aromatic carbocycles. The van der Waals surface area contributed by atoms with Crippen LogP contribution in [0.5, 0.6) is 0 Å². The number of carbonyl (C=O) groups is 2. The lowest BCUT2D eigenvalue weighted by Crippen LogP contribution is -2.48. The number of hydrogen-bond donors (Lipinski definition) is 2. The van der Waals surface area contributed by atoms with Crippen LogP contribution in [0, 0.1) is 11.3 Å². The summed E-state index contributed by atoms with van der Waals surface area (Å²) in [4.78, 5) is 41.0. The Hall–Kier alpha value is -4.59. The van der Waals surface area contributed by atoms with Gasteiger partial charge in [-0.25, -0.2) is 9.37 Å². The molecule has 3 N–H and O–H groups in total. The summed E-state index contributed by atoms with van der Waals surface area (Å²) in [7, 11) is 0. The van der Waals surface area contributed by atoms with Gasteiger partial charge in [0, 0.05) is 49.7 Å². The van der Waals surface area contributed by atoms with Crippen LogP contribution in [-0.2, 0) is 11.2 Å². The second-order valence-corrected chi connectivity index (χ2v) is 9.79. The number of alkyl halides is 1. The molecule has 10 nitrogen and oxygen atoms in total. The number of aromatic nitrogens is 3. The van der Waals surface area contributed by atoms with Crippen molar-refractivity contribution in [3.63, 3.8) is 0 Å². The Bertz CT molecular complexity index is 1390. The van der Waals surface area contributed by atoms with Crippen molar-refractivity contribution in [1.29, 1.82) is 5.26 Å². The Balaban J connectivity index is 1.27. The minimum absolute atomic E-state index is 0.111. The van der Waals surface area contributed by atoms with E-state index >= 15 is 4.39 Å². The van der Waals surface area contributed by atoms with Crippen LogP contribution in [0.2, 0.25) is 0 Å². The summed E-state index contributed by atoms with van der Waals surface area (Å²) < 4.78 is 15.3. The molecule has 0 bridgehead atoms. The van der Waals surface area contributed by atoms with Crippen molar-refractivity contribution in [1.82, 2.24) is 15.0 Å². The predicted octanol–water partition coefficient (Wildman–Crippen LogP) is 2.98. The molecule has 0 radical (unpaired) electrons. The highest BCUT2D eigenvalue weighted by atomic mass is 19.1. The van der Waals surface area contributed by atoms with Gasteiger partial charge in [0.05, 0.1) is 41.3 Å². The van der Waals surface area contributed by atoms with E-state index in [2.05, 4.69) is 20.3 Å². The van der Waals surface area contributed by atoms with Crippen LogP contribution in [-0.4, -0.2) is 58.6 Å². The first-order valence-corrected chi connectivity index (χ1v) is 13.0. The number of amides is 2. The highest BCUT2D eigenvalue weighted by Gasteiger charge is 2.31. The zero-order chi connectivity index (χ0) is 27.4. The van der Waals surface area contributed by atoms with Gasteiger partial charge in [-0.3, -0.25) is 19.6 Å². The third-order valence-corrected chi connectivity index (χ3v) is 7.12. The molecule has 0 unspecified atom stereocenters. The molecule has 2 aliphatic rings. The van der Waals surface area contributed by atoms with Crippen molar-refractivity contribution in [2.24, 2.45) is 5.73 Å². The molecular weight excluding hydrogens is 499 g/mol. The van der Waals surface area contributed by atoms with E-state index in [1.54, 1.807) is 29.3 Å². The van der Waals surface area contributed by atoms with Crippen LogP contribution in [0.3, 0.4) is 0 Å². The SMILES string of the molecule is N#Cc1ccc(N2CC[C@H](Nc3cc(Cc4ccc(N5CCCCC5=O)cn4)ncc3C(N)=O)[C@H](F)C2)nc1. The maximum Gasteiger partial charge on any atom is 0.252 e. The first kappa shape index (κ1) is 26.0. The number of rotatable bonds is 7. The maximum atomic E-state index is 15.3. The molecule has 2 saturated heterocycles. The fraction of sp³-hybridized carbons (Fsp3) is 0.357. The summed E-state index contributed by atoms with van der Waals surface area (Å²) in [5.41, 5.74) is 8.82. The molecule has 11 heteroatoms. The number of pyridine rings is 3. The number of carbonyl (C=O) groups excluding carboxylic acids is 2. The number of nitrogens with zero attached hydrogens (tertiary/aromatic N) is 6. The van der Waals surface area contributed by atoms with Crippen LogP contribution in [0.15, 0.2) is 48.9 Å². The number of halogens is 1. The van der Waals surface area contributed by atoms with Gasteiger partial charge in [0.2, 0.25) is 5.91 Å². The Morgan fingerprint density at radius 2 is 1.95 bits per heavy atom. The Morgan fingerprint density at radius 1 is 1.10 bits per heavy atom. The van der Waals surface area contributed by atoms with Gasteiger partial charge >= 0.3 is 0 Å². The highest BCUT2D eigenvalue weighted by Crippen LogP contribution is 2.26. The van der Waals surface area contributed by atoms with Crippen LogP contribution < -0.4 is 20.9 Å². The number of nitriles is 1. The number of anilines is 3. The van der Waals surface area contributed by atoms with Crippen molar-refractivity contribution < 1.29 is 14.0 Å². The Kier molecular flexibility index (Phi) is 7.63. The average Bonchev–Trinajstić information content (AvgIpc) is 2.95. The van der Waals surface area contributed by atoms with Crippen molar-refractivity contribution in [3.8, 4) is 6.07 Å². The van der Waals surface area contributed by atoms with Crippen molar-refractivity contribution in [2.75, 3.05) is 34.8 Å². The fourth-order valence-corrected chi connectivity index (χ4v) is 4.97. The van der Waals surface area contributed by atoms with E-state index in [1.165, 1.54) is 12.4 Å². The summed E-state index contributed by atoms with van der Waals surface area (Å²) in [5, 5.41) is 12.1. The first-order chi connectivity index (χ1) is 18.9. The topological polar surface area (TPSA) is 141 Å². The highest BCUT2D eigenvalue weighted by molar-refractivity contribution is 5.98. The molecule has 39 heavy (non-hydrogen) atoms. The van der Waals surface area contributed by atoms with E-state index in [0.29, 0.717) is 55.1 Å². The van der Waals surface area contributed by atoms with E-state index < -0.39 is 18.1 Å². The summed E-state index contributed by atoms with van der Waals surface area (Å²) >= 11 is 0. The quantitative estimate of drug-likeness (QED) is 0.477. The molecule has 200 valence electrons. The molecule has 0 spiro atoms. The lowest BCUT2D eigenvalue weighted by Gasteiger charge is -2.36. The van der Waals surface area contributed by atoms with E-state index in [0.717, 1.165) is 24.2 Å². The minimum Gasteiger partial charge on any atom is -0.378 e. The standard InChI is InChI=1S/C28H29FN8O2/c29-23-17-36(26-7-4-18(13-30)14-34-26)10-8-24(23)35-25-12-20(33-16-22(25)28(31)39)11-19-5-6-21(15-32-19)37-9-2-1-3-27(37)38/h4-7,12,14-16,23-24H,1-3,8-11,17H2,(H2,31,39)(H,33,35)/t23-,24+/m1/s1. The van der Waals surface area contributed by atoms with E-state index in [-0.39, 0.29) is 18.0 Å². The lowest BCUT2D eigenvalue weighted by atomic mass is 10.0. The molecule has 5 heterocycles. The molecule has 3 aromatic heterocycles. The monoisotopic (exact) mass is 528 g/mol. The van der Waals surface area contributed by atoms with Crippen molar-refractivity contribution in [3.05, 3.63) is 71.4 Å². The van der Waals surface area contributed by atoms with Gasteiger partial charge in [-0.05, 0) is 49.6 Å². The first-order valence-electron chi connectivity index (χ1n) is 13.0. The second-order valence-electron chi connectivity index (χ2n) is 9.79. The zero-order valence-corrected chi connectivity index (χ0v) is 21.4. The molecule has 0 saturated carbocycles. The number of nitrogens with one attached hydrogen (secondary N) is 1. The summed E-state index contributed by atoms with van der Waals surface area (Å²) in [6.07, 6.45) is 6.65. The lowest BCUT2D eigenvalue weighted by molar-refractivity contribution is -0.119. The van der Waals surface area contributed by atoms with Crippen molar-refractivity contribution >= 4 is 29.0 Å². The number of hydrogen-bond acceptors (Lipinski definition) is 8. The number of nitrogens with two attached hydrogens (primary N) is 1. The van der Waals surface area contributed by atoms with Crippen LogP contribution in [0.25, 0.3) is 0 Å². The third-order valence-electron chi connectivity index (χ3n) is 7.12. The molecule has 5 rings (SSSR count). The largest absolute Gasteiger partial charge is 0.378 e. The van der Waals surface area contributed by atoms with Gasteiger partial charge in [-0.1, -0.05) is 0 Å². The van der Waals surface area contributed by atoms with Crippen LogP contribution in [0.1, 0.15) is 53.0 Å². The van der Waals surface area contributed by atoms with Gasteiger partial charge in [-0.15, -0.1) is 0 Å². The van der Waals surface area contributed by atoms with Crippen LogP contribution in [0.4, 0.5) is 21.6 Å². The smallest absolute Gasteiger partial charge is 0.252 e. The number of primary amides is 1. The molecule has 2 aliphatic heterocycles. The van der Waals surface area contributed by atoms with Gasteiger partial charge in [0.15, 0.2) is 0 Å². The third kappa shape index (κ3) is 5.95. The molecular formula is C28H29FN8O2. The van der Waals surface area contributed by atoms with Gasteiger partial charge in [0.1, 0.15) is 18.1 Å². The van der Waals surface area contributed by atoms with E-state index in [1.807, 2.05) is 23.1 Å². The van der Waals surface area contributed by atoms with E-state index in [9.17, 15) is 9.59 Å². The second kappa shape index (κ2) is 11.4. The zero-order valence-electron chi connectivity index (χ0n) is 21.4. The van der Waals surface area contributed by atoms with Gasteiger partial charge in [-0.2, -0.15) is 5.26 Å². The fourth-order valence-electron chi connectivity index (χ4n) is 4.97. The normalized spacial score (nSPS) is 19.4. The van der Waals surface area contributed by atoms with Gasteiger partial charge in [0.25, 0.3) is 5.91 Å². The summed E-state index contributed by atoms with van der Waals surface area (Å²) in [5.74, 6) is 0.0718. The summed E-state index contributed by atoms with van der Waals surface area (Å²) in [6.45, 7) is 1.37. The minimum atomic E-state index is -1.24. The molecule has 2 amide bonds.